The summed E-state index contributed by atoms with van der Waals surface area (Å²) in [6, 6.07) is 0. The van der Waals surface area contributed by atoms with Crippen LogP contribution in [0.15, 0.2) is 0 Å². The Balaban J connectivity index is 2.74. The molecule has 0 aromatic carbocycles. The standard InChI is InChI=1S/C6H12N2O/c1-6(7)3-4-8(2)5(6)9/h3-4,7H2,1-2H3. The summed E-state index contributed by atoms with van der Waals surface area (Å²) in [5.74, 6) is 0.0579. The van der Waals surface area contributed by atoms with E-state index < -0.39 is 5.54 Å². The molecule has 0 radical (unpaired) electrons. The van der Waals surface area contributed by atoms with Crippen molar-refractivity contribution in [2.75, 3.05) is 13.6 Å². The van der Waals surface area contributed by atoms with Gasteiger partial charge < -0.3 is 10.6 Å². The number of nitrogens with zero attached hydrogens (tertiary/aromatic N) is 1. The van der Waals surface area contributed by atoms with Crippen molar-refractivity contribution in [2.24, 2.45) is 5.73 Å². The molecule has 1 heterocycles. The number of hydrogen-bond donors (Lipinski definition) is 1. The first-order chi connectivity index (χ1) is 4.04. The maximum atomic E-state index is 11.0. The van der Waals surface area contributed by atoms with Crippen LogP contribution in [-0.4, -0.2) is 29.9 Å². The highest BCUT2D eigenvalue weighted by atomic mass is 16.2. The molecule has 0 aromatic rings. The molecule has 3 heteroatoms. The number of carbonyl (C=O) groups is 1. The summed E-state index contributed by atoms with van der Waals surface area (Å²) >= 11 is 0. The molecule has 0 saturated carbocycles. The number of likely N-dealkylation sites (N-methyl/N-ethyl adjacent to an activating group) is 1. The highest BCUT2D eigenvalue weighted by Gasteiger charge is 2.36. The van der Waals surface area contributed by atoms with Gasteiger partial charge in [-0.05, 0) is 13.3 Å². The van der Waals surface area contributed by atoms with Crippen LogP contribution in [0.25, 0.3) is 0 Å². The van der Waals surface area contributed by atoms with Crippen molar-refractivity contribution in [2.45, 2.75) is 18.9 Å². The number of hydrogen-bond acceptors (Lipinski definition) is 2. The molecule has 1 rings (SSSR count). The van der Waals surface area contributed by atoms with Crippen molar-refractivity contribution in [3.8, 4) is 0 Å². The average molecular weight is 128 g/mol. The summed E-state index contributed by atoms with van der Waals surface area (Å²) in [5, 5.41) is 0. The Morgan fingerprint density at radius 2 is 2.33 bits per heavy atom. The van der Waals surface area contributed by atoms with E-state index in [0.29, 0.717) is 0 Å². The third kappa shape index (κ3) is 0.920. The van der Waals surface area contributed by atoms with Crippen molar-refractivity contribution >= 4 is 5.91 Å². The second-order valence-electron chi connectivity index (χ2n) is 2.89. The van der Waals surface area contributed by atoms with Crippen LogP contribution in [0.4, 0.5) is 0 Å². The molecule has 0 aliphatic carbocycles. The summed E-state index contributed by atoms with van der Waals surface area (Å²) in [6.07, 6.45) is 0.780. The van der Waals surface area contributed by atoms with Gasteiger partial charge in [0.1, 0.15) is 0 Å². The molecule has 1 fully saturated rings. The van der Waals surface area contributed by atoms with E-state index in [0.717, 1.165) is 13.0 Å². The van der Waals surface area contributed by atoms with Gasteiger partial charge in [0, 0.05) is 13.6 Å². The van der Waals surface area contributed by atoms with Gasteiger partial charge in [-0.2, -0.15) is 0 Å². The van der Waals surface area contributed by atoms with E-state index in [1.165, 1.54) is 0 Å². The Bertz CT molecular complexity index is 142. The first-order valence-electron chi connectivity index (χ1n) is 3.08. The van der Waals surface area contributed by atoms with E-state index in [9.17, 15) is 4.79 Å². The van der Waals surface area contributed by atoms with Gasteiger partial charge >= 0.3 is 0 Å². The largest absolute Gasteiger partial charge is 0.344 e. The summed E-state index contributed by atoms with van der Waals surface area (Å²) in [6.45, 7) is 2.57. The molecule has 52 valence electrons. The van der Waals surface area contributed by atoms with Gasteiger partial charge in [-0.15, -0.1) is 0 Å². The molecule has 1 aliphatic heterocycles. The van der Waals surface area contributed by atoms with Crippen LogP contribution in [0, 0.1) is 0 Å². The molecule has 1 atom stereocenters. The molecule has 0 spiro atoms. The number of likely N-dealkylation sites (tertiary alicyclic amines) is 1. The van der Waals surface area contributed by atoms with Crippen molar-refractivity contribution in [1.82, 2.24) is 4.90 Å². The first-order valence-corrected chi connectivity index (χ1v) is 3.08. The minimum atomic E-state index is -0.589. The Morgan fingerprint density at radius 1 is 1.78 bits per heavy atom. The zero-order valence-electron chi connectivity index (χ0n) is 5.85. The number of amides is 1. The fourth-order valence-electron chi connectivity index (χ4n) is 1.04. The number of nitrogens with two attached hydrogens (primary N) is 1. The van der Waals surface area contributed by atoms with Crippen LogP contribution < -0.4 is 5.73 Å². The SMILES string of the molecule is CN1CCC(C)(N)C1=O. The highest BCUT2D eigenvalue weighted by molar-refractivity contribution is 5.87. The molecule has 9 heavy (non-hydrogen) atoms. The van der Waals surface area contributed by atoms with Gasteiger partial charge in [0.2, 0.25) is 5.91 Å². The van der Waals surface area contributed by atoms with Gasteiger partial charge in [0.25, 0.3) is 0 Å². The molecule has 1 aliphatic rings. The van der Waals surface area contributed by atoms with Gasteiger partial charge in [-0.1, -0.05) is 0 Å². The molecule has 0 aromatic heterocycles. The van der Waals surface area contributed by atoms with Crippen molar-refractivity contribution in [3.05, 3.63) is 0 Å². The zero-order valence-corrected chi connectivity index (χ0v) is 5.85. The van der Waals surface area contributed by atoms with E-state index in [1.54, 1.807) is 18.9 Å². The zero-order chi connectivity index (χ0) is 7.07. The maximum absolute atomic E-state index is 11.0. The van der Waals surface area contributed by atoms with Crippen molar-refractivity contribution in [3.63, 3.8) is 0 Å². The second kappa shape index (κ2) is 1.70. The smallest absolute Gasteiger partial charge is 0.242 e. The van der Waals surface area contributed by atoms with Crippen LogP contribution in [0.1, 0.15) is 13.3 Å². The van der Waals surface area contributed by atoms with Crippen molar-refractivity contribution < 1.29 is 4.79 Å². The normalized spacial score (nSPS) is 35.9. The minimum absolute atomic E-state index is 0.0579. The number of carbonyl (C=O) groups excluding carboxylic acids is 1. The molecular weight excluding hydrogens is 116 g/mol. The van der Waals surface area contributed by atoms with Crippen LogP contribution in [-0.2, 0) is 4.79 Å². The molecule has 1 saturated heterocycles. The molecule has 1 amide bonds. The van der Waals surface area contributed by atoms with Gasteiger partial charge in [-0.3, -0.25) is 4.79 Å². The molecular formula is C6H12N2O. The van der Waals surface area contributed by atoms with E-state index in [4.69, 9.17) is 5.73 Å². The fraction of sp³-hybridized carbons (Fsp3) is 0.833. The third-order valence-corrected chi connectivity index (χ3v) is 1.80. The lowest BCUT2D eigenvalue weighted by Gasteiger charge is -2.14. The summed E-state index contributed by atoms with van der Waals surface area (Å²) < 4.78 is 0. The molecule has 1 unspecified atom stereocenters. The first kappa shape index (κ1) is 6.55. The number of rotatable bonds is 0. The van der Waals surface area contributed by atoms with Crippen LogP contribution >= 0.6 is 0 Å². The molecule has 2 N–H and O–H groups in total. The molecule has 0 bridgehead atoms. The Hall–Kier alpha value is -0.570. The van der Waals surface area contributed by atoms with E-state index in [-0.39, 0.29) is 5.91 Å². The van der Waals surface area contributed by atoms with Gasteiger partial charge in [0.15, 0.2) is 0 Å². The lowest BCUT2D eigenvalue weighted by atomic mass is 10.0. The minimum Gasteiger partial charge on any atom is -0.344 e. The predicted octanol–water partition coefficient (Wildman–Crippen LogP) is -0.434. The van der Waals surface area contributed by atoms with E-state index in [2.05, 4.69) is 0 Å². The monoisotopic (exact) mass is 128 g/mol. The van der Waals surface area contributed by atoms with Crippen LogP contribution in [0.2, 0.25) is 0 Å². The van der Waals surface area contributed by atoms with E-state index >= 15 is 0 Å². The predicted molar refractivity (Wildman–Crippen MR) is 34.8 cm³/mol. The second-order valence-corrected chi connectivity index (χ2v) is 2.89. The summed E-state index contributed by atoms with van der Waals surface area (Å²) in [4.78, 5) is 12.7. The average Bonchev–Trinajstić information content (AvgIpc) is 1.97. The Morgan fingerprint density at radius 3 is 2.44 bits per heavy atom. The Labute approximate surface area is 54.8 Å². The van der Waals surface area contributed by atoms with Crippen LogP contribution in [0.3, 0.4) is 0 Å². The van der Waals surface area contributed by atoms with E-state index in [1.807, 2.05) is 0 Å². The third-order valence-electron chi connectivity index (χ3n) is 1.80. The summed E-state index contributed by atoms with van der Waals surface area (Å²) in [7, 11) is 1.78. The lowest BCUT2D eigenvalue weighted by Crippen LogP contribution is -2.43. The summed E-state index contributed by atoms with van der Waals surface area (Å²) in [5.41, 5.74) is 5.03. The lowest BCUT2D eigenvalue weighted by molar-refractivity contribution is -0.130. The Kier molecular flexibility index (Phi) is 1.24. The fourth-order valence-corrected chi connectivity index (χ4v) is 1.04. The highest BCUT2D eigenvalue weighted by Crippen LogP contribution is 2.16. The maximum Gasteiger partial charge on any atom is 0.242 e. The van der Waals surface area contributed by atoms with Gasteiger partial charge in [0.05, 0.1) is 5.54 Å². The quantitative estimate of drug-likeness (QED) is 0.481. The topological polar surface area (TPSA) is 46.3 Å². The molecule has 3 nitrogen and oxygen atoms in total. The van der Waals surface area contributed by atoms with Crippen molar-refractivity contribution in [1.29, 1.82) is 0 Å². The van der Waals surface area contributed by atoms with Gasteiger partial charge in [-0.25, -0.2) is 0 Å². The van der Waals surface area contributed by atoms with Crippen LogP contribution in [0.5, 0.6) is 0 Å².